The van der Waals surface area contributed by atoms with Crippen LogP contribution in [0.3, 0.4) is 0 Å². The molecule has 0 aromatic carbocycles. The highest BCUT2D eigenvalue weighted by Crippen LogP contribution is 2.38. The first-order chi connectivity index (χ1) is 41.0. The van der Waals surface area contributed by atoms with Crippen LogP contribution in [0.1, 0.15) is 322 Å². The van der Waals surface area contributed by atoms with Crippen molar-refractivity contribution in [3.8, 4) is 0 Å². The highest BCUT2D eigenvalue weighted by molar-refractivity contribution is 7.45. The highest BCUT2D eigenvalue weighted by Gasteiger charge is 2.22. The van der Waals surface area contributed by atoms with Gasteiger partial charge in [-0.05, 0) is 70.6 Å². The van der Waals surface area contributed by atoms with Gasteiger partial charge in [-0.25, -0.2) is 0 Å². The van der Waals surface area contributed by atoms with Crippen molar-refractivity contribution < 1.29 is 42.1 Å². The molecule has 2 unspecified atom stereocenters. The van der Waals surface area contributed by atoms with Crippen LogP contribution in [0.15, 0.2) is 85.1 Å². The molecular weight excluding hydrogens is 1060 g/mol. The molecule has 0 aromatic rings. The quantitative estimate of drug-likeness (QED) is 0.0195. The third-order valence-corrected chi connectivity index (χ3v) is 16.4. The van der Waals surface area contributed by atoms with Gasteiger partial charge in [0, 0.05) is 12.8 Å². The number of hydrogen-bond donors (Lipinski definition) is 0. The molecule has 0 amide bonds. The first kappa shape index (κ1) is 81.2. The Labute approximate surface area is 520 Å². The van der Waals surface area contributed by atoms with Gasteiger partial charge in [-0.3, -0.25) is 14.2 Å². The second kappa shape index (κ2) is 64.7. The second-order valence-corrected chi connectivity index (χ2v) is 26.3. The third-order valence-electron chi connectivity index (χ3n) is 15.4. The van der Waals surface area contributed by atoms with Gasteiger partial charge in [0.25, 0.3) is 7.82 Å². The molecule has 0 aliphatic carbocycles. The van der Waals surface area contributed by atoms with E-state index in [4.69, 9.17) is 18.5 Å². The van der Waals surface area contributed by atoms with Gasteiger partial charge in [0.05, 0.1) is 27.7 Å². The maximum absolute atomic E-state index is 12.9. The van der Waals surface area contributed by atoms with Crippen molar-refractivity contribution >= 4 is 19.8 Å². The zero-order chi connectivity index (χ0) is 61.2. The minimum Gasteiger partial charge on any atom is -0.756 e. The van der Waals surface area contributed by atoms with E-state index in [0.29, 0.717) is 17.4 Å². The molecule has 9 nitrogen and oxygen atoms in total. The Morgan fingerprint density at radius 3 is 1.01 bits per heavy atom. The number of allylic oxidation sites excluding steroid dienone is 14. The number of esters is 2. The number of phosphoric ester groups is 1. The first-order valence-corrected chi connectivity index (χ1v) is 36.8. The van der Waals surface area contributed by atoms with Crippen LogP contribution >= 0.6 is 7.82 Å². The summed E-state index contributed by atoms with van der Waals surface area (Å²) in [5.41, 5.74) is 0. The molecule has 2 atom stereocenters. The number of likely N-dealkylation sites (N-methyl/N-ethyl adjacent to an activating group) is 1. The van der Waals surface area contributed by atoms with Gasteiger partial charge in [-0.1, -0.05) is 324 Å². The molecule has 0 spiro atoms. The van der Waals surface area contributed by atoms with Gasteiger partial charge in [-0.2, -0.15) is 0 Å². The SMILES string of the molecule is CC/C=C\C/C=C\C/C=C\C/C=C\C/C=C\C/C=C\C/C=C\CCCCCCCCCC(=O)OC(COC(=O)CCCCCCCCCCCCCCCCCCCCCCCCCCCCCCCCC)COP(=O)([O-])OCC[N+](C)(C)C. The van der Waals surface area contributed by atoms with Crippen molar-refractivity contribution in [2.24, 2.45) is 0 Å². The molecule has 0 bridgehead atoms. The molecular formula is C74H134NO8P. The van der Waals surface area contributed by atoms with E-state index in [9.17, 15) is 19.0 Å². The Hall–Kier alpha value is -2.81. The maximum atomic E-state index is 12.9. The second-order valence-electron chi connectivity index (χ2n) is 24.9. The lowest BCUT2D eigenvalue weighted by Gasteiger charge is -2.28. The van der Waals surface area contributed by atoms with E-state index in [-0.39, 0.29) is 32.0 Å². The van der Waals surface area contributed by atoms with Gasteiger partial charge in [0.15, 0.2) is 6.10 Å². The lowest BCUT2D eigenvalue weighted by atomic mass is 10.0. The minimum atomic E-state index is -4.65. The van der Waals surface area contributed by atoms with Gasteiger partial charge in [0.1, 0.15) is 19.8 Å². The van der Waals surface area contributed by atoms with Gasteiger partial charge < -0.3 is 27.9 Å². The van der Waals surface area contributed by atoms with Gasteiger partial charge in [0.2, 0.25) is 0 Å². The van der Waals surface area contributed by atoms with Crippen molar-refractivity contribution in [3.63, 3.8) is 0 Å². The summed E-state index contributed by atoms with van der Waals surface area (Å²) < 4.78 is 34.3. The topological polar surface area (TPSA) is 111 Å². The smallest absolute Gasteiger partial charge is 0.306 e. The van der Waals surface area contributed by atoms with E-state index >= 15 is 0 Å². The molecule has 0 rings (SSSR count). The summed E-state index contributed by atoms with van der Waals surface area (Å²) in [6, 6.07) is 0. The molecule has 0 N–H and O–H groups in total. The van der Waals surface area contributed by atoms with Crippen molar-refractivity contribution in [1.29, 1.82) is 0 Å². The van der Waals surface area contributed by atoms with Gasteiger partial charge in [-0.15, -0.1) is 0 Å². The van der Waals surface area contributed by atoms with Crippen molar-refractivity contribution in [2.75, 3.05) is 47.5 Å². The monoisotopic (exact) mass is 1200 g/mol. The fourth-order valence-corrected chi connectivity index (χ4v) is 10.8. The number of nitrogens with zero attached hydrogens (tertiary/aromatic N) is 1. The molecule has 0 radical (unpaired) electrons. The predicted molar refractivity (Wildman–Crippen MR) is 360 cm³/mol. The molecule has 488 valence electrons. The fourth-order valence-electron chi connectivity index (χ4n) is 10.1. The molecule has 0 saturated heterocycles. The molecule has 10 heteroatoms. The van der Waals surface area contributed by atoms with E-state index in [1.165, 1.54) is 199 Å². The van der Waals surface area contributed by atoms with Crippen LogP contribution in [0.2, 0.25) is 0 Å². The lowest BCUT2D eigenvalue weighted by Crippen LogP contribution is -2.37. The average molecular weight is 1200 g/mol. The normalized spacial score (nSPS) is 13.6. The number of carbonyl (C=O) groups is 2. The van der Waals surface area contributed by atoms with E-state index in [0.717, 1.165) is 89.9 Å². The summed E-state index contributed by atoms with van der Waals surface area (Å²) in [6.45, 7) is 4.15. The Balaban J connectivity index is 4.06. The van der Waals surface area contributed by atoms with Crippen LogP contribution in [-0.2, 0) is 32.7 Å². The molecule has 0 saturated carbocycles. The highest BCUT2D eigenvalue weighted by atomic mass is 31.2. The Kier molecular flexibility index (Phi) is 62.5. The van der Waals surface area contributed by atoms with Crippen molar-refractivity contribution in [1.82, 2.24) is 0 Å². The van der Waals surface area contributed by atoms with Crippen LogP contribution in [0.4, 0.5) is 0 Å². The van der Waals surface area contributed by atoms with Crippen LogP contribution < -0.4 is 4.89 Å². The lowest BCUT2D eigenvalue weighted by molar-refractivity contribution is -0.870. The average Bonchev–Trinajstić information content (AvgIpc) is 3.61. The van der Waals surface area contributed by atoms with E-state index in [2.05, 4.69) is 98.9 Å². The summed E-state index contributed by atoms with van der Waals surface area (Å²) in [4.78, 5) is 38.1. The zero-order valence-corrected chi connectivity index (χ0v) is 56.5. The number of quaternary nitrogens is 1. The molecule has 0 heterocycles. The number of phosphoric acid groups is 1. The molecule has 0 aliphatic heterocycles. The molecule has 0 fully saturated rings. The Morgan fingerprint density at radius 1 is 0.381 bits per heavy atom. The van der Waals surface area contributed by atoms with E-state index in [1.807, 2.05) is 21.1 Å². The number of rotatable bonds is 65. The maximum Gasteiger partial charge on any atom is 0.306 e. The van der Waals surface area contributed by atoms with Crippen LogP contribution in [0.25, 0.3) is 0 Å². The molecule has 0 aliphatic rings. The van der Waals surface area contributed by atoms with Crippen molar-refractivity contribution in [2.45, 2.75) is 328 Å². The van der Waals surface area contributed by atoms with Crippen LogP contribution in [0, 0.1) is 0 Å². The summed E-state index contributed by atoms with van der Waals surface area (Å²) in [6.07, 6.45) is 88.1. The fraction of sp³-hybridized carbons (Fsp3) is 0.784. The molecule has 84 heavy (non-hydrogen) atoms. The van der Waals surface area contributed by atoms with Crippen LogP contribution in [-0.4, -0.2) is 70.0 Å². The summed E-state index contributed by atoms with van der Waals surface area (Å²) in [5, 5.41) is 0. The first-order valence-electron chi connectivity index (χ1n) is 35.3. The third kappa shape index (κ3) is 68.3. The summed E-state index contributed by atoms with van der Waals surface area (Å²) in [5.74, 6) is -0.837. The standard InChI is InChI=1S/C74H134NO8P/c1-6-8-10-12-14-16-18-20-22-24-26-28-30-32-34-36-37-39-40-42-44-46-48-50-52-54-56-58-60-62-64-66-73(76)80-70-72(71-82-84(78,79)81-69-68-75(3,4)5)83-74(77)67-65-63-61-59-57-55-53-51-49-47-45-43-41-38-35-33-31-29-27-25-23-21-19-17-15-13-11-9-7-2/h9,11,15,17,21,23,27,29,33,35,41,43,47,49,72H,6-8,10,12-14,16,18-20,22,24-26,28,30-32,34,36-40,42,44-46,48,50-71H2,1-5H3/b11-9-,17-15-,23-21-,29-27-,35-33-,43-41-,49-47-. The number of ether oxygens (including phenoxy) is 2. The number of hydrogen-bond acceptors (Lipinski definition) is 8. The summed E-state index contributed by atoms with van der Waals surface area (Å²) in [7, 11) is 1.16. The summed E-state index contributed by atoms with van der Waals surface area (Å²) >= 11 is 0. The van der Waals surface area contributed by atoms with E-state index < -0.39 is 26.5 Å². The largest absolute Gasteiger partial charge is 0.756 e. The van der Waals surface area contributed by atoms with E-state index in [1.54, 1.807) is 0 Å². The van der Waals surface area contributed by atoms with Gasteiger partial charge >= 0.3 is 11.9 Å². The Bertz CT molecular complexity index is 1690. The number of unbranched alkanes of at least 4 members (excludes halogenated alkanes) is 37. The zero-order valence-electron chi connectivity index (χ0n) is 55.6. The minimum absolute atomic E-state index is 0.0355. The Morgan fingerprint density at radius 2 is 0.679 bits per heavy atom. The molecule has 0 aromatic heterocycles. The number of carbonyl (C=O) groups excluding carboxylic acids is 2. The van der Waals surface area contributed by atoms with Crippen LogP contribution in [0.5, 0.6) is 0 Å². The van der Waals surface area contributed by atoms with Crippen molar-refractivity contribution in [3.05, 3.63) is 85.1 Å². The predicted octanol–water partition coefficient (Wildman–Crippen LogP) is 22.3.